The molecule has 3 N–H and O–H groups in total. The van der Waals surface area contributed by atoms with Crippen LogP contribution in [0.25, 0.3) is 0 Å². The predicted octanol–water partition coefficient (Wildman–Crippen LogP) is 1.36. The molecule has 0 saturated heterocycles. The van der Waals surface area contributed by atoms with Gasteiger partial charge in [0.25, 0.3) is 0 Å². The van der Waals surface area contributed by atoms with Gasteiger partial charge in [-0.05, 0) is 25.0 Å². The van der Waals surface area contributed by atoms with Crippen molar-refractivity contribution in [2.75, 3.05) is 7.11 Å². The minimum Gasteiger partial charge on any atom is -0.496 e. The van der Waals surface area contributed by atoms with Crippen LogP contribution in [-0.2, 0) is 6.42 Å². The van der Waals surface area contributed by atoms with E-state index in [1.807, 2.05) is 31.2 Å². The molecule has 5 heteroatoms. The lowest BCUT2D eigenvalue weighted by Crippen LogP contribution is -2.15. The molecule has 0 fully saturated rings. The normalized spacial score (nSPS) is 12.4. The molecule has 5 nitrogen and oxygen atoms in total. The van der Waals surface area contributed by atoms with E-state index in [2.05, 4.69) is 15.4 Å². The van der Waals surface area contributed by atoms with E-state index in [4.69, 9.17) is 10.5 Å². The Hall–Kier alpha value is -1.88. The third-order valence-corrected chi connectivity index (χ3v) is 2.74. The molecule has 0 spiro atoms. The summed E-state index contributed by atoms with van der Waals surface area (Å²) in [5.74, 6) is 0.851. The van der Waals surface area contributed by atoms with Crippen molar-refractivity contribution >= 4 is 0 Å². The third-order valence-electron chi connectivity index (χ3n) is 2.74. The largest absolute Gasteiger partial charge is 0.496 e. The van der Waals surface area contributed by atoms with E-state index in [9.17, 15) is 0 Å². The number of hydrogen-bond donors (Lipinski definition) is 2. The molecule has 2 aromatic rings. The van der Waals surface area contributed by atoms with Crippen LogP contribution in [0.2, 0.25) is 0 Å². The van der Waals surface area contributed by atoms with Gasteiger partial charge in [-0.1, -0.05) is 18.2 Å². The van der Waals surface area contributed by atoms with Crippen molar-refractivity contribution in [3.05, 3.63) is 41.2 Å². The number of aromatic amines is 1. The number of aromatic nitrogens is 3. The molecular formula is C12H16N4O. The second kappa shape index (κ2) is 4.97. The number of H-pyrrole nitrogens is 1. The fourth-order valence-electron chi connectivity index (χ4n) is 1.85. The minimum absolute atomic E-state index is 0.176. The second-order valence-electron chi connectivity index (χ2n) is 3.92. The molecule has 1 aromatic carbocycles. The number of aryl methyl sites for hydroxylation is 1. The molecule has 0 bridgehead atoms. The van der Waals surface area contributed by atoms with Gasteiger partial charge in [0.2, 0.25) is 0 Å². The number of hydrogen-bond acceptors (Lipinski definition) is 4. The number of nitrogens with one attached hydrogen (secondary N) is 1. The number of benzene rings is 1. The highest BCUT2D eigenvalue weighted by molar-refractivity contribution is 5.34. The van der Waals surface area contributed by atoms with Crippen LogP contribution >= 0.6 is 0 Å². The summed E-state index contributed by atoms with van der Waals surface area (Å²) in [6, 6.07) is 7.67. The van der Waals surface area contributed by atoms with Gasteiger partial charge in [-0.3, -0.25) is 0 Å². The van der Waals surface area contributed by atoms with Crippen LogP contribution in [0, 0.1) is 6.92 Å². The number of para-hydroxylation sites is 1. The Morgan fingerprint density at radius 2 is 2.12 bits per heavy atom. The zero-order valence-corrected chi connectivity index (χ0v) is 9.97. The lowest BCUT2D eigenvalue weighted by Gasteiger charge is -2.12. The lowest BCUT2D eigenvalue weighted by molar-refractivity contribution is 0.408. The summed E-state index contributed by atoms with van der Waals surface area (Å²) in [5.41, 5.74) is 8.83. The topological polar surface area (TPSA) is 76.8 Å². The van der Waals surface area contributed by atoms with Crippen molar-refractivity contribution < 1.29 is 4.74 Å². The van der Waals surface area contributed by atoms with Gasteiger partial charge in [-0.25, -0.2) is 0 Å². The molecule has 17 heavy (non-hydrogen) atoms. The van der Waals surface area contributed by atoms with Crippen LogP contribution in [0.1, 0.15) is 23.0 Å². The van der Waals surface area contributed by atoms with Crippen molar-refractivity contribution in [3.8, 4) is 5.75 Å². The first kappa shape index (κ1) is 11.6. The van der Waals surface area contributed by atoms with Crippen molar-refractivity contribution in [2.24, 2.45) is 5.73 Å². The van der Waals surface area contributed by atoms with Crippen LogP contribution in [0.15, 0.2) is 24.3 Å². The zero-order chi connectivity index (χ0) is 12.3. The molecular weight excluding hydrogens is 216 g/mol. The van der Waals surface area contributed by atoms with Gasteiger partial charge >= 0.3 is 0 Å². The summed E-state index contributed by atoms with van der Waals surface area (Å²) in [4.78, 5) is 0. The summed E-state index contributed by atoms with van der Waals surface area (Å²) in [7, 11) is 1.66. The van der Waals surface area contributed by atoms with Gasteiger partial charge in [-0.2, -0.15) is 15.4 Å². The molecule has 0 aliphatic heterocycles. The molecule has 90 valence electrons. The summed E-state index contributed by atoms with van der Waals surface area (Å²) in [6.45, 7) is 1.89. The number of ether oxygens (including phenoxy) is 1. The van der Waals surface area contributed by atoms with E-state index in [-0.39, 0.29) is 6.04 Å². The Labute approximate surface area is 100.0 Å². The van der Waals surface area contributed by atoms with E-state index >= 15 is 0 Å². The molecule has 0 amide bonds. The predicted molar refractivity (Wildman–Crippen MR) is 64.7 cm³/mol. The summed E-state index contributed by atoms with van der Waals surface area (Å²) >= 11 is 0. The van der Waals surface area contributed by atoms with Crippen molar-refractivity contribution in [3.63, 3.8) is 0 Å². The Morgan fingerprint density at radius 1 is 1.35 bits per heavy atom. The van der Waals surface area contributed by atoms with Crippen LogP contribution in [0.5, 0.6) is 5.75 Å². The molecule has 1 aromatic heterocycles. The van der Waals surface area contributed by atoms with Gasteiger partial charge in [-0.15, -0.1) is 0 Å². The van der Waals surface area contributed by atoms with Gasteiger partial charge in [0, 0.05) is 0 Å². The van der Waals surface area contributed by atoms with E-state index in [0.29, 0.717) is 6.42 Å². The molecule has 0 saturated carbocycles. The van der Waals surface area contributed by atoms with E-state index in [1.54, 1.807) is 7.11 Å². The molecule has 2 rings (SSSR count). The quantitative estimate of drug-likeness (QED) is 0.834. The Kier molecular flexibility index (Phi) is 3.39. The first-order valence-electron chi connectivity index (χ1n) is 5.47. The zero-order valence-electron chi connectivity index (χ0n) is 9.97. The Balaban J connectivity index is 2.18. The highest BCUT2D eigenvalue weighted by Crippen LogP contribution is 2.23. The number of nitrogens with zero attached hydrogens (tertiary/aromatic N) is 2. The smallest absolute Gasteiger partial charge is 0.122 e. The second-order valence-corrected chi connectivity index (χ2v) is 3.92. The monoisotopic (exact) mass is 232 g/mol. The molecule has 1 atom stereocenters. The molecule has 0 aliphatic carbocycles. The van der Waals surface area contributed by atoms with Crippen molar-refractivity contribution in [1.82, 2.24) is 15.4 Å². The van der Waals surface area contributed by atoms with E-state index in [1.165, 1.54) is 0 Å². The number of rotatable bonds is 4. The highest BCUT2D eigenvalue weighted by Gasteiger charge is 2.15. The summed E-state index contributed by atoms with van der Waals surface area (Å²) in [5, 5.41) is 10.6. The van der Waals surface area contributed by atoms with Crippen molar-refractivity contribution in [2.45, 2.75) is 19.4 Å². The Bertz CT molecular complexity index is 495. The average Bonchev–Trinajstić information content (AvgIpc) is 2.76. The minimum atomic E-state index is -0.176. The maximum atomic E-state index is 6.12. The van der Waals surface area contributed by atoms with Crippen LogP contribution in [-0.4, -0.2) is 22.5 Å². The first-order valence-corrected chi connectivity index (χ1v) is 5.47. The number of methoxy groups -OCH3 is 1. The van der Waals surface area contributed by atoms with Gasteiger partial charge in [0.05, 0.1) is 18.8 Å². The average molecular weight is 232 g/mol. The standard InChI is InChI=1S/C12H16N4O/c1-8-12(15-16-14-8)10(13)7-9-5-3-4-6-11(9)17-2/h3-6,10H,7,13H2,1-2H3,(H,14,15,16). The molecule has 0 aliphatic rings. The molecule has 1 heterocycles. The highest BCUT2D eigenvalue weighted by atomic mass is 16.5. The van der Waals surface area contributed by atoms with Gasteiger partial charge in [0.15, 0.2) is 0 Å². The third kappa shape index (κ3) is 2.45. The number of nitrogens with two attached hydrogens (primary N) is 1. The summed E-state index contributed by atoms with van der Waals surface area (Å²) < 4.78 is 5.29. The Morgan fingerprint density at radius 3 is 2.76 bits per heavy atom. The summed E-state index contributed by atoms with van der Waals surface area (Å²) in [6.07, 6.45) is 0.678. The van der Waals surface area contributed by atoms with Crippen molar-refractivity contribution in [1.29, 1.82) is 0 Å². The van der Waals surface area contributed by atoms with Crippen LogP contribution in [0.4, 0.5) is 0 Å². The van der Waals surface area contributed by atoms with Crippen LogP contribution < -0.4 is 10.5 Å². The first-order chi connectivity index (χ1) is 8.22. The van der Waals surface area contributed by atoms with Gasteiger partial charge < -0.3 is 10.5 Å². The SMILES string of the molecule is COc1ccccc1CC(N)c1n[nH]nc1C. The maximum Gasteiger partial charge on any atom is 0.122 e. The van der Waals surface area contributed by atoms with E-state index in [0.717, 1.165) is 22.7 Å². The maximum absolute atomic E-state index is 6.12. The molecule has 0 radical (unpaired) electrons. The lowest BCUT2D eigenvalue weighted by atomic mass is 10.0. The van der Waals surface area contributed by atoms with Gasteiger partial charge in [0.1, 0.15) is 11.4 Å². The molecule has 1 unspecified atom stereocenters. The van der Waals surface area contributed by atoms with Crippen LogP contribution in [0.3, 0.4) is 0 Å². The fraction of sp³-hybridized carbons (Fsp3) is 0.333. The fourth-order valence-corrected chi connectivity index (χ4v) is 1.85. The van der Waals surface area contributed by atoms with E-state index < -0.39 is 0 Å².